The van der Waals surface area contributed by atoms with E-state index in [1.165, 1.54) is 0 Å². The third-order valence-corrected chi connectivity index (χ3v) is 1.26. The van der Waals surface area contributed by atoms with Gasteiger partial charge in [-0.2, -0.15) is 10.5 Å². The van der Waals surface area contributed by atoms with Crippen molar-refractivity contribution in [3.05, 3.63) is 9.81 Å². The first-order chi connectivity index (χ1) is 3.72. The van der Waals surface area contributed by atoms with E-state index in [2.05, 4.69) is 25.3 Å². The number of hydrogen-bond donors (Lipinski definition) is 2. The molecule has 0 radical (unpaired) electrons. The molecular formula is C4H4N2Na2S2. The maximum atomic E-state index is 8.05. The first-order valence-corrected chi connectivity index (χ1v) is 2.54. The van der Waals surface area contributed by atoms with E-state index < -0.39 is 0 Å². The molecule has 0 fully saturated rings. The minimum absolute atomic E-state index is 0. The van der Waals surface area contributed by atoms with Crippen molar-refractivity contribution in [1.29, 1.82) is 10.5 Å². The van der Waals surface area contributed by atoms with Crippen LogP contribution in [0.15, 0.2) is 9.81 Å². The molecule has 0 amide bonds. The van der Waals surface area contributed by atoms with Crippen LogP contribution in [0.4, 0.5) is 0 Å². The Bertz CT molecular complexity index is 178. The maximum absolute atomic E-state index is 8.05. The van der Waals surface area contributed by atoms with Gasteiger partial charge in [-0.3, -0.25) is 0 Å². The van der Waals surface area contributed by atoms with Gasteiger partial charge in [0.25, 0.3) is 0 Å². The summed E-state index contributed by atoms with van der Waals surface area (Å²) in [5.74, 6) is 0. The van der Waals surface area contributed by atoms with E-state index in [-0.39, 0.29) is 68.9 Å². The van der Waals surface area contributed by atoms with E-state index >= 15 is 0 Å². The summed E-state index contributed by atoms with van der Waals surface area (Å²) in [4.78, 5) is 0.103. The zero-order valence-electron chi connectivity index (χ0n) is 3.79. The molecule has 0 spiro atoms. The molecule has 0 saturated carbocycles. The number of nitrogens with zero attached hydrogens (tertiary/aromatic N) is 2. The van der Waals surface area contributed by atoms with Crippen LogP contribution in [0.25, 0.3) is 0 Å². The van der Waals surface area contributed by atoms with Crippen molar-refractivity contribution in [1.82, 2.24) is 0 Å². The van der Waals surface area contributed by atoms with E-state index in [0.29, 0.717) is 0 Å². The van der Waals surface area contributed by atoms with Crippen molar-refractivity contribution < 1.29 is 0 Å². The summed E-state index contributed by atoms with van der Waals surface area (Å²) < 4.78 is 0. The van der Waals surface area contributed by atoms with Crippen molar-refractivity contribution in [2.75, 3.05) is 0 Å². The van der Waals surface area contributed by atoms with Gasteiger partial charge in [0.05, 0.1) is 0 Å². The second-order valence-corrected chi connectivity index (χ2v) is 1.82. The van der Waals surface area contributed by atoms with Crippen LogP contribution in [-0.2, 0) is 0 Å². The van der Waals surface area contributed by atoms with Crippen LogP contribution < -0.4 is 0 Å². The van der Waals surface area contributed by atoms with Crippen LogP contribution in [0.1, 0.15) is 0 Å². The van der Waals surface area contributed by atoms with Crippen molar-refractivity contribution in [3.8, 4) is 12.1 Å². The predicted octanol–water partition coefficient (Wildman–Crippen LogP) is -0.192. The van der Waals surface area contributed by atoms with Gasteiger partial charge < -0.3 is 0 Å². The van der Waals surface area contributed by atoms with Crippen molar-refractivity contribution in [3.63, 3.8) is 0 Å². The number of nitriles is 2. The Morgan fingerprint density at radius 1 is 0.900 bits per heavy atom. The SMILES string of the molecule is N#CC(S)=C(S)C#N.[NaH].[NaH]. The fraction of sp³-hybridized carbons (Fsp3) is 0. The Labute approximate surface area is 115 Å². The predicted molar refractivity (Wildman–Crippen MR) is 50.5 cm³/mol. The number of allylic oxidation sites excluding steroid dienone is 2. The molecule has 0 bridgehead atoms. The fourth-order valence-electron chi connectivity index (χ4n) is 0.106. The first kappa shape index (κ1) is 17.5. The fourth-order valence-corrected chi connectivity index (χ4v) is 0.206. The van der Waals surface area contributed by atoms with Gasteiger partial charge in [0, 0.05) is 0 Å². The third-order valence-electron chi connectivity index (χ3n) is 0.436. The van der Waals surface area contributed by atoms with Crippen LogP contribution in [0.3, 0.4) is 0 Å². The van der Waals surface area contributed by atoms with Gasteiger partial charge >= 0.3 is 59.1 Å². The van der Waals surface area contributed by atoms with E-state index in [4.69, 9.17) is 10.5 Å². The molecule has 0 heterocycles. The van der Waals surface area contributed by atoms with E-state index in [9.17, 15) is 0 Å². The van der Waals surface area contributed by atoms with Gasteiger partial charge in [-0.15, -0.1) is 25.3 Å². The summed E-state index contributed by atoms with van der Waals surface area (Å²) in [7, 11) is 0. The van der Waals surface area contributed by atoms with Crippen LogP contribution in [0.2, 0.25) is 0 Å². The van der Waals surface area contributed by atoms with Gasteiger partial charge in [0.15, 0.2) is 0 Å². The average molecular weight is 190 g/mol. The topological polar surface area (TPSA) is 47.6 Å². The van der Waals surface area contributed by atoms with Gasteiger partial charge in [0.2, 0.25) is 0 Å². The molecule has 44 valence electrons. The minimum atomic E-state index is 0. The standard InChI is InChI=1S/C4H2N2S2.2Na.2H/c5-1-3(7)4(8)2-6;;;;/h7-8H;;;;. The Morgan fingerprint density at radius 3 is 1.20 bits per heavy atom. The summed E-state index contributed by atoms with van der Waals surface area (Å²) >= 11 is 7.25. The Hall–Kier alpha value is 1.42. The van der Waals surface area contributed by atoms with Gasteiger partial charge in [-0.25, -0.2) is 0 Å². The molecule has 0 rings (SSSR count). The molecule has 10 heavy (non-hydrogen) atoms. The normalized spacial score (nSPS) is 8.80. The van der Waals surface area contributed by atoms with Gasteiger partial charge in [-0.1, -0.05) is 0 Å². The van der Waals surface area contributed by atoms with Crippen molar-refractivity contribution in [2.24, 2.45) is 0 Å². The summed E-state index contributed by atoms with van der Waals surface area (Å²) in [6, 6.07) is 3.32. The molecule has 0 saturated heterocycles. The second-order valence-electron chi connectivity index (χ2n) is 0.921. The molecule has 0 atom stereocenters. The number of thiol groups is 2. The molecule has 0 unspecified atom stereocenters. The summed E-state index contributed by atoms with van der Waals surface area (Å²) in [6.45, 7) is 0. The van der Waals surface area contributed by atoms with E-state index in [0.717, 1.165) is 0 Å². The molecule has 0 aromatic rings. The van der Waals surface area contributed by atoms with E-state index in [1.807, 2.05) is 0 Å². The molecule has 0 aliphatic rings. The number of rotatable bonds is 0. The Kier molecular flexibility index (Phi) is 18.2. The van der Waals surface area contributed by atoms with E-state index in [1.54, 1.807) is 12.1 Å². The molecule has 0 aromatic heterocycles. The zero-order chi connectivity index (χ0) is 6.57. The molecule has 0 aliphatic carbocycles. The second kappa shape index (κ2) is 10.4. The van der Waals surface area contributed by atoms with Crippen molar-refractivity contribution >= 4 is 84.4 Å². The number of hydrogen-bond acceptors (Lipinski definition) is 4. The first-order valence-electron chi connectivity index (χ1n) is 1.64. The third kappa shape index (κ3) is 7.53. The average Bonchev–Trinajstić information content (AvgIpc) is 1.84. The summed E-state index contributed by atoms with van der Waals surface area (Å²) in [5, 5.41) is 16.1. The van der Waals surface area contributed by atoms with Crippen LogP contribution in [0, 0.1) is 22.7 Å². The molecular weight excluding hydrogens is 186 g/mol. The Morgan fingerprint density at radius 2 is 1.10 bits per heavy atom. The van der Waals surface area contributed by atoms with Gasteiger partial charge in [0.1, 0.15) is 21.9 Å². The Balaban J connectivity index is -0.000000245. The molecule has 0 aliphatic heterocycles. The van der Waals surface area contributed by atoms with Crippen molar-refractivity contribution in [2.45, 2.75) is 0 Å². The molecule has 6 heteroatoms. The summed E-state index contributed by atoms with van der Waals surface area (Å²) in [5.41, 5.74) is 0. The molecule has 2 nitrogen and oxygen atoms in total. The molecule has 0 aromatic carbocycles. The zero-order valence-corrected chi connectivity index (χ0v) is 5.58. The monoisotopic (exact) mass is 190 g/mol. The summed E-state index contributed by atoms with van der Waals surface area (Å²) in [6.07, 6.45) is 0. The molecule has 0 N–H and O–H groups in total. The van der Waals surface area contributed by atoms with Gasteiger partial charge in [-0.05, 0) is 0 Å². The quantitative estimate of drug-likeness (QED) is 0.316. The van der Waals surface area contributed by atoms with Crippen LogP contribution in [0.5, 0.6) is 0 Å². The van der Waals surface area contributed by atoms with Crippen LogP contribution in [-0.4, -0.2) is 59.1 Å². The van der Waals surface area contributed by atoms with Crippen LogP contribution >= 0.6 is 25.3 Å².